The smallest absolute Gasteiger partial charge is 0.157 e. The van der Waals surface area contributed by atoms with E-state index in [9.17, 15) is 13.5 Å². The Balaban J connectivity index is 1.80. The fourth-order valence-corrected chi connectivity index (χ4v) is 3.88. The molecule has 0 bridgehead atoms. The van der Waals surface area contributed by atoms with E-state index in [4.69, 9.17) is 4.74 Å². The predicted molar refractivity (Wildman–Crippen MR) is 83.4 cm³/mol. The molecule has 5 heteroatoms. The molecule has 1 N–H and O–H groups in total. The summed E-state index contributed by atoms with van der Waals surface area (Å²) in [4.78, 5) is 0. The van der Waals surface area contributed by atoms with E-state index in [0.717, 1.165) is 30.6 Å². The SMILES string of the molecule is CC(C)(CCCC1=CCS(=O)(=O)C1)Oc1ccc(O)cc1. The third kappa shape index (κ3) is 5.08. The first kappa shape index (κ1) is 15.9. The lowest BCUT2D eigenvalue weighted by molar-refractivity contribution is 0.0970. The lowest BCUT2D eigenvalue weighted by Crippen LogP contribution is -2.28. The molecule has 1 aliphatic rings. The molecule has 0 saturated heterocycles. The molecule has 1 aromatic carbocycles. The Morgan fingerprint density at radius 2 is 1.90 bits per heavy atom. The number of phenolic OH excluding ortho intramolecular Hbond substituents is 1. The summed E-state index contributed by atoms with van der Waals surface area (Å²) in [6.45, 7) is 4.03. The number of rotatable bonds is 6. The van der Waals surface area contributed by atoms with E-state index in [1.807, 2.05) is 19.9 Å². The van der Waals surface area contributed by atoms with Gasteiger partial charge in [0.05, 0.1) is 11.5 Å². The molecule has 0 unspecified atom stereocenters. The number of ether oxygens (including phenoxy) is 1. The molecule has 4 nitrogen and oxygen atoms in total. The van der Waals surface area contributed by atoms with Gasteiger partial charge in [-0.2, -0.15) is 0 Å². The Morgan fingerprint density at radius 1 is 1.24 bits per heavy atom. The summed E-state index contributed by atoms with van der Waals surface area (Å²) < 4.78 is 28.7. The van der Waals surface area contributed by atoms with Crippen molar-refractivity contribution in [3.05, 3.63) is 35.9 Å². The highest BCUT2D eigenvalue weighted by molar-refractivity contribution is 7.92. The molecule has 0 spiro atoms. The molecule has 0 saturated carbocycles. The monoisotopic (exact) mass is 310 g/mol. The highest BCUT2D eigenvalue weighted by atomic mass is 32.2. The van der Waals surface area contributed by atoms with Crippen LogP contribution in [0.3, 0.4) is 0 Å². The third-order valence-electron chi connectivity index (χ3n) is 3.54. The molecule has 0 fully saturated rings. The zero-order chi connectivity index (χ0) is 15.5. The minimum Gasteiger partial charge on any atom is -0.508 e. The van der Waals surface area contributed by atoms with Crippen molar-refractivity contribution in [1.82, 2.24) is 0 Å². The van der Waals surface area contributed by atoms with E-state index in [-0.39, 0.29) is 22.9 Å². The van der Waals surface area contributed by atoms with Crippen molar-refractivity contribution in [2.45, 2.75) is 38.7 Å². The van der Waals surface area contributed by atoms with Crippen molar-refractivity contribution in [1.29, 1.82) is 0 Å². The van der Waals surface area contributed by atoms with Crippen LogP contribution >= 0.6 is 0 Å². The first-order chi connectivity index (χ1) is 9.76. The Hall–Kier alpha value is -1.49. The maximum atomic E-state index is 11.4. The van der Waals surface area contributed by atoms with Gasteiger partial charge in [-0.15, -0.1) is 0 Å². The van der Waals surface area contributed by atoms with Crippen LogP contribution in [0.25, 0.3) is 0 Å². The van der Waals surface area contributed by atoms with Crippen LogP contribution in [0.2, 0.25) is 0 Å². The average molecular weight is 310 g/mol. The van der Waals surface area contributed by atoms with E-state index in [1.54, 1.807) is 24.3 Å². The normalized spacial score (nSPS) is 17.5. The molecule has 0 radical (unpaired) electrons. The maximum Gasteiger partial charge on any atom is 0.157 e. The molecular weight excluding hydrogens is 288 g/mol. The van der Waals surface area contributed by atoms with Gasteiger partial charge in [0.25, 0.3) is 0 Å². The summed E-state index contributed by atoms with van der Waals surface area (Å²) in [6, 6.07) is 6.67. The van der Waals surface area contributed by atoms with Gasteiger partial charge >= 0.3 is 0 Å². The molecule has 0 atom stereocenters. The van der Waals surface area contributed by atoms with Crippen LogP contribution in [0.1, 0.15) is 33.1 Å². The molecule has 2 rings (SSSR count). The van der Waals surface area contributed by atoms with Gasteiger partial charge in [0.15, 0.2) is 9.84 Å². The van der Waals surface area contributed by atoms with Gasteiger partial charge in [0.1, 0.15) is 17.1 Å². The Morgan fingerprint density at radius 3 is 2.48 bits per heavy atom. The van der Waals surface area contributed by atoms with Gasteiger partial charge in [-0.25, -0.2) is 8.42 Å². The van der Waals surface area contributed by atoms with Crippen molar-refractivity contribution in [2.24, 2.45) is 0 Å². The molecule has 116 valence electrons. The Bertz CT molecular complexity index is 612. The average Bonchev–Trinajstić information content (AvgIpc) is 2.71. The quantitative estimate of drug-likeness (QED) is 0.820. The lowest BCUT2D eigenvalue weighted by Gasteiger charge is -2.26. The number of sulfone groups is 1. The minimum atomic E-state index is -2.86. The minimum absolute atomic E-state index is 0.190. The van der Waals surface area contributed by atoms with E-state index < -0.39 is 9.84 Å². The summed E-state index contributed by atoms with van der Waals surface area (Å²) in [5.74, 6) is 1.34. The first-order valence-corrected chi connectivity index (χ1v) is 8.94. The third-order valence-corrected chi connectivity index (χ3v) is 5.02. The number of hydrogen-bond acceptors (Lipinski definition) is 4. The van der Waals surface area contributed by atoms with Gasteiger partial charge in [0.2, 0.25) is 0 Å². The van der Waals surface area contributed by atoms with E-state index in [1.165, 1.54) is 0 Å². The molecule has 1 heterocycles. The number of aromatic hydroxyl groups is 1. The van der Waals surface area contributed by atoms with Gasteiger partial charge in [0, 0.05) is 0 Å². The van der Waals surface area contributed by atoms with Crippen molar-refractivity contribution in [2.75, 3.05) is 11.5 Å². The second-order valence-corrected chi connectivity index (χ2v) is 8.24. The van der Waals surface area contributed by atoms with Crippen molar-refractivity contribution in [3.63, 3.8) is 0 Å². The van der Waals surface area contributed by atoms with Gasteiger partial charge in [-0.05, 0) is 57.4 Å². The summed E-state index contributed by atoms with van der Waals surface area (Å²) in [5.41, 5.74) is 0.699. The summed E-state index contributed by atoms with van der Waals surface area (Å²) in [5, 5.41) is 9.25. The van der Waals surface area contributed by atoms with Crippen molar-refractivity contribution >= 4 is 9.84 Å². The lowest BCUT2D eigenvalue weighted by atomic mass is 9.99. The first-order valence-electron chi connectivity index (χ1n) is 7.12. The fraction of sp³-hybridized carbons (Fsp3) is 0.500. The second-order valence-electron chi connectivity index (χ2n) is 6.13. The van der Waals surface area contributed by atoms with Crippen LogP contribution < -0.4 is 4.74 Å². The summed E-state index contributed by atoms with van der Waals surface area (Å²) in [6.07, 6.45) is 4.38. The van der Waals surface area contributed by atoms with E-state index in [2.05, 4.69) is 0 Å². The zero-order valence-electron chi connectivity index (χ0n) is 12.5. The standard InChI is InChI=1S/C16H22O4S/c1-16(2,20-15-7-5-14(17)6-8-15)10-3-4-13-9-11-21(18,19)12-13/h5-9,17H,3-4,10-12H2,1-2H3. The van der Waals surface area contributed by atoms with Gasteiger partial charge < -0.3 is 9.84 Å². The van der Waals surface area contributed by atoms with Crippen LogP contribution in [-0.4, -0.2) is 30.6 Å². The molecule has 0 aliphatic carbocycles. The van der Waals surface area contributed by atoms with Gasteiger partial charge in [-0.1, -0.05) is 11.6 Å². The van der Waals surface area contributed by atoms with Crippen LogP contribution in [-0.2, 0) is 9.84 Å². The van der Waals surface area contributed by atoms with Crippen molar-refractivity contribution in [3.8, 4) is 11.5 Å². The number of hydrogen-bond donors (Lipinski definition) is 1. The molecular formula is C16H22O4S. The van der Waals surface area contributed by atoms with Crippen LogP contribution in [0.4, 0.5) is 0 Å². The molecule has 0 amide bonds. The molecule has 21 heavy (non-hydrogen) atoms. The zero-order valence-corrected chi connectivity index (χ0v) is 13.3. The van der Waals surface area contributed by atoms with Crippen molar-refractivity contribution < 1.29 is 18.3 Å². The van der Waals surface area contributed by atoms with Crippen LogP contribution in [0.5, 0.6) is 11.5 Å². The van der Waals surface area contributed by atoms with Gasteiger partial charge in [-0.3, -0.25) is 0 Å². The molecule has 1 aliphatic heterocycles. The van der Waals surface area contributed by atoms with Crippen LogP contribution in [0.15, 0.2) is 35.9 Å². The van der Waals surface area contributed by atoms with E-state index >= 15 is 0 Å². The topological polar surface area (TPSA) is 63.6 Å². The highest BCUT2D eigenvalue weighted by Gasteiger charge is 2.22. The van der Waals surface area contributed by atoms with E-state index in [0.29, 0.717) is 0 Å². The second kappa shape index (κ2) is 6.10. The number of phenols is 1. The Labute approximate surface area is 126 Å². The van der Waals surface area contributed by atoms with Crippen LogP contribution in [0, 0.1) is 0 Å². The summed E-state index contributed by atoms with van der Waals surface area (Å²) >= 11 is 0. The Kier molecular flexibility index (Phi) is 4.61. The summed E-state index contributed by atoms with van der Waals surface area (Å²) in [7, 11) is -2.86. The molecule has 0 aromatic heterocycles. The number of benzene rings is 1. The molecule has 1 aromatic rings. The highest BCUT2D eigenvalue weighted by Crippen LogP contribution is 2.26. The maximum absolute atomic E-state index is 11.4. The predicted octanol–water partition coefficient (Wildman–Crippen LogP) is 3.07. The largest absolute Gasteiger partial charge is 0.508 e. The fourth-order valence-electron chi connectivity index (χ4n) is 2.44.